The van der Waals surface area contributed by atoms with Crippen LogP contribution >= 0.6 is 11.6 Å². The van der Waals surface area contributed by atoms with Crippen molar-refractivity contribution in [2.45, 2.75) is 55.5 Å². The number of nitro benzene ring substituents is 1. The average Bonchev–Trinajstić information content (AvgIpc) is 3.23. The highest BCUT2D eigenvalue weighted by molar-refractivity contribution is 7.89. The van der Waals surface area contributed by atoms with Crippen LogP contribution in [0.15, 0.2) is 53.4 Å². The Balaban J connectivity index is 1.38. The second-order valence-electron chi connectivity index (χ2n) is 8.76. The summed E-state index contributed by atoms with van der Waals surface area (Å²) < 4.78 is 28.7. The Hall–Kier alpha value is -2.00. The summed E-state index contributed by atoms with van der Waals surface area (Å²) in [6, 6.07) is 13.4. The highest BCUT2D eigenvalue weighted by atomic mass is 35.5. The summed E-state index contributed by atoms with van der Waals surface area (Å²) in [4.78, 5) is 12.8. The molecule has 1 saturated heterocycles. The zero-order valence-corrected chi connectivity index (χ0v) is 19.4. The molecule has 0 spiro atoms. The molecule has 0 amide bonds. The number of hydrogen-bond acceptors (Lipinski definition) is 5. The van der Waals surface area contributed by atoms with Gasteiger partial charge in [-0.1, -0.05) is 42.3 Å². The van der Waals surface area contributed by atoms with Crippen molar-refractivity contribution in [1.29, 1.82) is 0 Å². The third kappa shape index (κ3) is 5.31. The molecule has 0 bridgehead atoms. The van der Waals surface area contributed by atoms with E-state index in [-0.39, 0.29) is 17.0 Å². The number of sulfonamides is 1. The Kier molecular flexibility index (Phi) is 7.14. The number of rotatable bonds is 7. The first-order valence-electron chi connectivity index (χ1n) is 11.1. The predicted molar refractivity (Wildman–Crippen MR) is 124 cm³/mol. The van der Waals surface area contributed by atoms with E-state index in [9.17, 15) is 18.5 Å². The number of likely N-dealkylation sites (tertiary alicyclic amines) is 1. The average molecular weight is 478 g/mol. The zero-order valence-electron chi connectivity index (χ0n) is 17.8. The molecule has 2 aromatic carbocycles. The number of nitrogens with one attached hydrogen (secondary N) is 1. The molecule has 1 N–H and O–H groups in total. The van der Waals surface area contributed by atoms with E-state index in [2.05, 4.69) is 21.8 Å². The van der Waals surface area contributed by atoms with Crippen molar-refractivity contribution < 1.29 is 13.3 Å². The normalized spacial score (nSPS) is 22.8. The highest BCUT2D eigenvalue weighted by Gasteiger charge is 2.37. The Bertz CT molecular complexity index is 1050. The van der Waals surface area contributed by atoms with Crippen LogP contribution in [0.1, 0.15) is 37.7 Å². The number of nitrogens with zero attached hydrogens (tertiary/aromatic N) is 2. The largest absolute Gasteiger partial charge is 0.299 e. The fourth-order valence-corrected chi connectivity index (χ4v) is 6.66. The smallest absolute Gasteiger partial charge is 0.289 e. The van der Waals surface area contributed by atoms with E-state index < -0.39 is 20.6 Å². The first-order valence-corrected chi connectivity index (χ1v) is 12.9. The van der Waals surface area contributed by atoms with E-state index >= 15 is 0 Å². The molecule has 1 aliphatic heterocycles. The first-order chi connectivity index (χ1) is 15.3. The lowest BCUT2D eigenvalue weighted by Gasteiger charge is -2.38. The Morgan fingerprint density at radius 3 is 2.41 bits per heavy atom. The van der Waals surface area contributed by atoms with Gasteiger partial charge in [-0.15, -0.1) is 0 Å². The van der Waals surface area contributed by atoms with Crippen LogP contribution in [0.5, 0.6) is 0 Å². The van der Waals surface area contributed by atoms with Crippen LogP contribution in [0, 0.1) is 16.0 Å². The van der Waals surface area contributed by atoms with Crippen molar-refractivity contribution in [3.8, 4) is 0 Å². The molecule has 32 heavy (non-hydrogen) atoms. The molecule has 4 rings (SSSR count). The molecular formula is C23H28ClN3O4S. The SMILES string of the molecule is O=[N+]([O-])c1ccccc1S(=O)(=O)NC1CCCC1N1CCC(Cc2ccc(Cl)cc2)CC1. The topological polar surface area (TPSA) is 92.5 Å². The van der Waals surface area contributed by atoms with Gasteiger partial charge < -0.3 is 0 Å². The number of nitro groups is 1. The molecule has 0 aromatic heterocycles. The Labute approximate surface area is 194 Å². The van der Waals surface area contributed by atoms with E-state index in [1.165, 1.54) is 29.8 Å². The number of halogens is 1. The third-order valence-electron chi connectivity index (χ3n) is 6.69. The van der Waals surface area contributed by atoms with Crippen LogP contribution in [0.4, 0.5) is 5.69 Å². The van der Waals surface area contributed by atoms with Crippen LogP contribution < -0.4 is 4.72 Å². The first kappa shape index (κ1) is 23.2. The van der Waals surface area contributed by atoms with Gasteiger partial charge in [0.1, 0.15) is 0 Å². The maximum atomic E-state index is 13.0. The summed E-state index contributed by atoms with van der Waals surface area (Å²) in [5.41, 5.74) is 0.904. The van der Waals surface area contributed by atoms with Crippen LogP contribution in [0.25, 0.3) is 0 Å². The second kappa shape index (κ2) is 9.87. The van der Waals surface area contributed by atoms with Crippen molar-refractivity contribution >= 4 is 27.3 Å². The molecule has 1 aliphatic carbocycles. The van der Waals surface area contributed by atoms with Crippen molar-refractivity contribution in [2.24, 2.45) is 5.92 Å². The number of piperidine rings is 1. The molecule has 2 fully saturated rings. The molecule has 1 heterocycles. The summed E-state index contributed by atoms with van der Waals surface area (Å²) >= 11 is 5.98. The third-order valence-corrected chi connectivity index (χ3v) is 8.48. The molecule has 2 unspecified atom stereocenters. The second-order valence-corrected chi connectivity index (χ2v) is 10.9. The van der Waals surface area contributed by atoms with E-state index in [0.29, 0.717) is 5.92 Å². The quantitative estimate of drug-likeness (QED) is 0.471. The Morgan fingerprint density at radius 1 is 1.03 bits per heavy atom. The lowest BCUT2D eigenvalue weighted by Crippen LogP contribution is -2.51. The van der Waals surface area contributed by atoms with Crippen molar-refractivity contribution in [3.63, 3.8) is 0 Å². The molecule has 7 nitrogen and oxygen atoms in total. The van der Waals surface area contributed by atoms with Crippen LogP contribution in [0.2, 0.25) is 5.02 Å². The monoisotopic (exact) mass is 477 g/mol. The van der Waals surface area contributed by atoms with Gasteiger partial charge >= 0.3 is 0 Å². The van der Waals surface area contributed by atoms with Gasteiger partial charge in [-0.3, -0.25) is 15.0 Å². The molecule has 9 heteroatoms. The lowest BCUT2D eigenvalue weighted by molar-refractivity contribution is -0.387. The minimum atomic E-state index is -3.98. The number of hydrogen-bond donors (Lipinski definition) is 1. The van der Waals surface area contributed by atoms with Gasteiger partial charge in [0.25, 0.3) is 5.69 Å². The van der Waals surface area contributed by atoms with Gasteiger partial charge in [-0.25, -0.2) is 13.1 Å². The van der Waals surface area contributed by atoms with Gasteiger partial charge in [0, 0.05) is 23.2 Å². The minimum absolute atomic E-state index is 0.129. The predicted octanol–water partition coefficient (Wildman–Crippen LogP) is 4.40. The summed E-state index contributed by atoms with van der Waals surface area (Å²) in [6.45, 7) is 1.87. The van der Waals surface area contributed by atoms with Gasteiger partial charge in [0.05, 0.1) is 4.92 Å². The van der Waals surface area contributed by atoms with Crippen molar-refractivity contribution in [3.05, 3.63) is 69.2 Å². The van der Waals surface area contributed by atoms with Gasteiger partial charge in [-0.05, 0) is 74.9 Å². The van der Waals surface area contributed by atoms with Gasteiger partial charge in [0.15, 0.2) is 4.90 Å². The Morgan fingerprint density at radius 2 is 1.72 bits per heavy atom. The molecule has 1 saturated carbocycles. The molecule has 0 radical (unpaired) electrons. The molecule has 2 aliphatic rings. The summed E-state index contributed by atoms with van der Waals surface area (Å²) in [7, 11) is -3.98. The molecule has 2 atom stereocenters. The van der Waals surface area contributed by atoms with Crippen LogP contribution in [-0.4, -0.2) is 43.4 Å². The maximum Gasteiger partial charge on any atom is 0.289 e. The fraction of sp³-hybridized carbons (Fsp3) is 0.478. The van der Waals surface area contributed by atoms with Crippen LogP contribution in [0.3, 0.4) is 0 Å². The van der Waals surface area contributed by atoms with E-state index in [1.807, 2.05) is 12.1 Å². The minimum Gasteiger partial charge on any atom is -0.299 e. The molecule has 2 aromatic rings. The highest BCUT2D eigenvalue weighted by Crippen LogP contribution is 2.31. The van der Waals surface area contributed by atoms with Crippen molar-refractivity contribution in [1.82, 2.24) is 9.62 Å². The van der Waals surface area contributed by atoms with Gasteiger partial charge in [0.2, 0.25) is 10.0 Å². The van der Waals surface area contributed by atoms with E-state index in [0.717, 1.165) is 56.6 Å². The van der Waals surface area contributed by atoms with Crippen LogP contribution in [-0.2, 0) is 16.4 Å². The lowest BCUT2D eigenvalue weighted by atomic mass is 9.89. The number of para-hydroxylation sites is 1. The fourth-order valence-electron chi connectivity index (χ4n) is 5.06. The van der Waals surface area contributed by atoms with Gasteiger partial charge in [-0.2, -0.15) is 0 Å². The number of benzene rings is 2. The van der Waals surface area contributed by atoms with E-state index in [1.54, 1.807) is 0 Å². The van der Waals surface area contributed by atoms with Crippen molar-refractivity contribution in [2.75, 3.05) is 13.1 Å². The molecule has 172 valence electrons. The summed E-state index contributed by atoms with van der Waals surface area (Å²) in [5.74, 6) is 0.607. The molecular weight excluding hydrogens is 450 g/mol. The summed E-state index contributed by atoms with van der Waals surface area (Å²) in [5, 5.41) is 12.0. The summed E-state index contributed by atoms with van der Waals surface area (Å²) in [6.07, 6.45) is 5.80. The maximum absolute atomic E-state index is 13.0. The standard InChI is InChI=1S/C23H28ClN3O4S/c24-19-10-8-17(9-11-19)16-18-12-14-26(15-13-18)21-6-3-4-20(21)25-32(30,31)23-7-2-1-5-22(23)27(28)29/h1-2,5,7-11,18,20-21,25H,3-4,6,12-16H2. The zero-order chi connectivity index (χ0) is 22.7. The van der Waals surface area contributed by atoms with E-state index in [4.69, 9.17) is 11.6 Å².